The molecule has 0 aliphatic carbocycles. The maximum absolute atomic E-state index is 12.3. The quantitative estimate of drug-likeness (QED) is 0.0561. The lowest BCUT2D eigenvalue weighted by Gasteiger charge is -2.20. The number of hydrogen-bond acceptors (Lipinski definition) is 3. The van der Waals surface area contributed by atoms with E-state index in [0.717, 1.165) is 25.7 Å². The minimum atomic E-state index is -0.831. The molecule has 0 aliphatic rings. The fourth-order valence-electron chi connectivity index (χ4n) is 5.47. The van der Waals surface area contributed by atoms with Crippen LogP contribution in [0.4, 0.5) is 0 Å². The fourth-order valence-corrected chi connectivity index (χ4v) is 5.47. The van der Waals surface area contributed by atoms with E-state index in [1.807, 2.05) is 6.08 Å². The zero-order valence-corrected chi connectivity index (χ0v) is 27.1. The van der Waals surface area contributed by atoms with Gasteiger partial charge in [0.1, 0.15) is 0 Å². The molecule has 0 aromatic carbocycles. The lowest BCUT2D eigenvalue weighted by atomic mass is 10.0. The standard InChI is InChI=1S/C36H71NO3/c1-3-5-7-9-11-13-15-17-18-20-22-24-26-28-30-32-36(40)37-34(33-38)35(39)31-29-27-25-23-21-19-16-14-12-10-8-6-4-2/h29,31,34-35,38-39H,3-28,30,32-33H2,1-2H3,(H,37,40)/b31-29+. The Hall–Kier alpha value is -0.870. The second kappa shape index (κ2) is 32.6. The van der Waals surface area contributed by atoms with Gasteiger partial charge in [-0.25, -0.2) is 0 Å². The maximum atomic E-state index is 12.3. The molecule has 1 amide bonds. The summed E-state index contributed by atoms with van der Waals surface area (Å²) in [5, 5.41) is 22.8. The van der Waals surface area contributed by atoms with Crippen molar-refractivity contribution in [2.75, 3.05) is 6.61 Å². The molecule has 238 valence electrons. The van der Waals surface area contributed by atoms with E-state index in [1.165, 1.54) is 148 Å². The minimum absolute atomic E-state index is 0.0634. The van der Waals surface area contributed by atoms with E-state index in [9.17, 15) is 15.0 Å². The molecule has 4 heteroatoms. The predicted octanol–water partition coefficient (Wildman–Crippen LogP) is 10.3. The van der Waals surface area contributed by atoms with Gasteiger partial charge in [-0.1, -0.05) is 180 Å². The molecule has 3 N–H and O–H groups in total. The smallest absolute Gasteiger partial charge is 0.220 e. The Balaban J connectivity index is 3.60. The van der Waals surface area contributed by atoms with Crippen LogP contribution < -0.4 is 5.32 Å². The Morgan fingerprint density at radius 1 is 0.575 bits per heavy atom. The molecule has 0 aromatic rings. The highest BCUT2D eigenvalue weighted by molar-refractivity contribution is 5.76. The van der Waals surface area contributed by atoms with Crippen LogP contribution in [0.25, 0.3) is 0 Å². The molecule has 40 heavy (non-hydrogen) atoms. The van der Waals surface area contributed by atoms with Gasteiger partial charge in [0.05, 0.1) is 18.8 Å². The van der Waals surface area contributed by atoms with Crippen molar-refractivity contribution in [2.24, 2.45) is 0 Å². The van der Waals surface area contributed by atoms with Gasteiger partial charge in [-0.15, -0.1) is 0 Å². The first-order valence-corrected chi connectivity index (χ1v) is 17.9. The van der Waals surface area contributed by atoms with Crippen LogP contribution in [0.5, 0.6) is 0 Å². The SMILES string of the molecule is CCCCCCCCCCCCC/C=C/C(O)C(CO)NC(=O)CCCCCCCCCCCCCCCCC. The Kier molecular flexibility index (Phi) is 31.9. The summed E-state index contributed by atoms with van der Waals surface area (Å²) in [6, 6.07) is -0.614. The molecule has 0 fully saturated rings. The van der Waals surface area contributed by atoms with E-state index >= 15 is 0 Å². The van der Waals surface area contributed by atoms with Crippen molar-refractivity contribution in [1.29, 1.82) is 0 Å². The van der Waals surface area contributed by atoms with Gasteiger partial charge in [-0.3, -0.25) is 4.79 Å². The molecule has 0 aliphatic heterocycles. The fraction of sp³-hybridized carbons (Fsp3) is 0.917. The summed E-state index contributed by atoms with van der Waals surface area (Å²) in [6.07, 6.45) is 38.6. The van der Waals surface area contributed by atoms with Crippen molar-refractivity contribution in [3.63, 3.8) is 0 Å². The van der Waals surface area contributed by atoms with E-state index in [0.29, 0.717) is 6.42 Å². The van der Waals surface area contributed by atoms with Gasteiger partial charge in [0.2, 0.25) is 5.91 Å². The molecule has 0 rings (SSSR count). The summed E-state index contributed by atoms with van der Waals surface area (Å²) in [6.45, 7) is 4.30. The number of aliphatic hydroxyl groups excluding tert-OH is 2. The Morgan fingerprint density at radius 3 is 1.30 bits per heavy atom. The van der Waals surface area contributed by atoms with Gasteiger partial charge < -0.3 is 15.5 Å². The molecular weight excluding hydrogens is 494 g/mol. The highest BCUT2D eigenvalue weighted by Gasteiger charge is 2.17. The summed E-state index contributed by atoms with van der Waals surface area (Å²) in [7, 11) is 0. The van der Waals surface area contributed by atoms with Crippen molar-refractivity contribution in [3.8, 4) is 0 Å². The Labute approximate surface area is 250 Å². The Morgan fingerprint density at radius 2 is 0.925 bits per heavy atom. The minimum Gasteiger partial charge on any atom is -0.394 e. The van der Waals surface area contributed by atoms with Crippen LogP contribution in [0.15, 0.2) is 12.2 Å². The predicted molar refractivity (Wildman–Crippen MR) is 175 cm³/mol. The maximum Gasteiger partial charge on any atom is 0.220 e. The van der Waals surface area contributed by atoms with Crippen molar-refractivity contribution in [1.82, 2.24) is 5.32 Å². The van der Waals surface area contributed by atoms with Crippen LogP contribution >= 0.6 is 0 Å². The second-order valence-electron chi connectivity index (χ2n) is 12.3. The van der Waals surface area contributed by atoms with Gasteiger partial charge in [0.25, 0.3) is 0 Å². The van der Waals surface area contributed by atoms with Gasteiger partial charge in [0.15, 0.2) is 0 Å². The molecule has 2 unspecified atom stereocenters. The summed E-state index contributed by atoms with van der Waals surface area (Å²) in [4.78, 5) is 12.3. The number of carbonyl (C=O) groups excluding carboxylic acids is 1. The molecule has 0 saturated heterocycles. The second-order valence-corrected chi connectivity index (χ2v) is 12.3. The first-order valence-electron chi connectivity index (χ1n) is 17.9. The van der Waals surface area contributed by atoms with Gasteiger partial charge in [0, 0.05) is 6.42 Å². The van der Waals surface area contributed by atoms with E-state index in [2.05, 4.69) is 19.2 Å². The highest BCUT2D eigenvalue weighted by Crippen LogP contribution is 2.14. The first-order chi connectivity index (χ1) is 19.7. The van der Waals surface area contributed by atoms with Crippen molar-refractivity contribution < 1.29 is 15.0 Å². The average molecular weight is 566 g/mol. The summed E-state index contributed by atoms with van der Waals surface area (Å²) in [5.41, 5.74) is 0. The normalized spacial score (nSPS) is 13.2. The van der Waals surface area contributed by atoms with Gasteiger partial charge in [-0.2, -0.15) is 0 Å². The average Bonchev–Trinajstić information content (AvgIpc) is 2.96. The summed E-state index contributed by atoms with van der Waals surface area (Å²) < 4.78 is 0. The van der Waals surface area contributed by atoms with Crippen LogP contribution in [0.2, 0.25) is 0 Å². The van der Waals surface area contributed by atoms with Gasteiger partial charge >= 0.3 is 0 Å². The molecule has 4 nitrogen and oxygen atoms in total. The zero-order chi connectivity index (χ0) is 29.4. The van der Waals surface area contributed by atoms with E-state index < -0.39 is 12.1 Å². The first kappa shape index (κ1) is 39.1. The summed E-state index contributed by atoms with van der Waals surface area (Å²) >= 11 is 0. The molecule has 0 saturated carbocycles. The van der Waals surface area contributed by atoms with Crippen LogP contribution in [0.1, 0.15) is 194 Å². The number of nitrogens with one attached hydrogen (secondary N) is 1. The lowest BCUT2D eigenvalue weighted by Crippen LogP contribution is -2.45. The number of aliphatic hydroxyl groups is 2. The lowest BCUT2D eigenvalue weighted by molar-refractivity contribution is -0.123. The van der Waals surface area contributed by atoms with Gasteiger partial charge in [-0.05, 0) is 19.3 Å². The third kappa shape index (κ3) is 28.7. The third-order valence-corrected chi connectivity index (χ3v) is 8.27. The molecule has 0 bridgehead atoms. The monoisotopic (exact) mass is 566 g/mol. The van der Waals surface area contributed by atoms with Crippen molar-refractivity contribution in [3.05, 3.63) is 12.2 Å². The summed E-state index contributed by atoms with van der Waals surface area (Å²) in [5.74, 6) is -0.0634. The van der Waals surface area contributed by atoms with Crippen molar-refractivity contribution >= 4 is 5.91 Å². The van der Waals surface area contributed by atoms with Crippen LogP contribution in [0.3, 0.4) is 0 Å². The molecule has 0 radical (unpaired) electrons. The molecule has 0 aromatic heterocycles. The topological polar surface area (TPSA) is 69.6 Å². The largest absolute Gasteiger partial charge is 0.394 e. The molecule has 0 heterocycles. The van der Waals surface area contributed by atoms with Crippen LogP contribution in [-0.2, 0) is 4.79 Å². The molecule has 2 atom stereocenters. The number of amides is 1. The zero-order valence-electron chi connectivity index (χ0n) is 27.1. The molecular formula is C36H71NO3. The van der Waals surface area contributed by atoms with Crippen LogP contribution in [0, 0.1) is 0 Å². The Bertz CT molecular complexity index is 536. The highest BCUT2D eigenvalue weighted by atomic mass is 16.3. The number of unbranched alkanes of at least 4 members (excludes halogenated alkanes) is 25. The van der Waals surface area contributed by atoms with E-state index in [4.69, 9.17) is 0 Å². The van der Waals surface area contributed by atoms with Crippen LogP contribution in [-0.4, -0.2) is 34.9 Å². The molecule has 0 spiro atoms. The third-order valence-electron chi connectivity index (χ3n) is 8.27. The number of carbonyl (C=O) groups is 1. The van der Waals surface area contributed by atoms with E-state index in [-0.39, 0.29) is 12.5 Å². The van der Waals surface area contributed by atoms with Crippen molar-refractivity contribution in [2.45, 2.75) is 206 Å². The number of rotatable bonds is 32. The number of allylic oxidation sites excluding steroid dienone is 1. The number of hydrogen-bond donors (Lipinski definition) is 3. The van der Waals surface area contributed by atoms with E-state index in [1.54, 1.807) is 6.08 Å².